The molecule has 2 aromatic rings. The molecule has 28 heavy (non-hydrogen) atoms. The fourth-order valence-corrected chi connectivity index (χ4v) is 2.31. The van der Waals surface area contributed by atoms with Crippen LogP contribution in [0, 0.1) is 0 Å². The lowest BCUT2D eigenvalue weighted by atomic mass is 10.1. The second-order valence-electron chi connectivity index (χ2n) is 5.56. The molecule has 0 atom stereocenters. The molecule has 150 valence electrons. The molecule has 0 heterocycles. The molecular formula is C21H24O7. The number of carbonyl (C=O) groups is 1. The largest absolute Gasteiger partial charge is 0.467 e. The van der Waals surface area contributed by atoms with Crippen molar-refractivity contribution in [2.45, 2.75) is 0 Å². The number of hydrogen-bond donors (Lipinski definition) is 0. The molecule has 0 aromatic heterocycles. The Labute approximate surface area is 164 Å². The van der Waals surface area contributed by atoms with Gasteiger partial charge >= 0.3 is 0 Å². The van der Waals surface area contributed by atoms with Crippen LogP contribution in [-0.2, 0) is 14.2 Å². The summed E-state index contributed by atoms with van der Waals surface area (Å²) in [5.41, 5.74) is 1.14. The fraction of sp³-hybridized carbons (Fsp3) is 0.286. The van der Waals surface area contributed by atoms with Gasteiger partial charge in [0, 0.05) is 33.5 Å². The van der Waals surface area contributed by atoms with E-state index in [2.05, 4.69) is 0 Å². The Morgan fingerprint density at radius 3 is 1.89 bits per heavy atom. The van der Waals surface area contributed by atoms with E-state index in [1.807, 2.05) is 30.3 Å². The number of ether oxygens (including phenoxy) is 6. The standard InChI is InChI=1S/C21H24O7/c1-23-13-26-17-11-19(27-14-24-2)21(20(12-17)28-15-25-3)18(22)10-9-16-7-5-4-6-8-16/h4-12H,13-15H2,1-3H3/b10-9+. The summed E-state index contributed by atoms with van der Waals surface area (Å²) in [6.45, 7) is -0.0467. The minimum atomic E-state index is -0.292. The molecule has 0 aliphatic heterocycles. The van der Waals surface area contributed by atoms with Crippen LogP contribution >= 0.6 is 0 Å². The minimum Gasteiger partial charge on any atom is -0.467 e. The van der Waals surface area contributed by atoms with Gasteiger partial charge in [-0.25, -0.2) is 0 Å². The normalized spacial score (nSPS) is 10.8. The van der Waals surface area contributed by atoms with E-state index < -0.39 is 0 Å². The Hall–Kier alpha value is -2.87. The molecule has 0 aliphatic carbocycles. The van der Waals surface area contributed by atoms with Crippen LogP contribution < -0.4 is 14.2 Å². The Morgan fingerprint density at radius 1 is 0.821 bits per heavy atom. The third-order valence-corrected chi connectivity index (χ3v) is 3.52. The number of methoxy groups -OCH3 is 3. The maximum absolute atomic E-state index is 12.9. The first-order valence-corrected chi connectivity index (χ1v) is 8.50. The fourth-order valence-electron chi connectivity index (χ4n) is 2.31. The molecule has 7 heteroatoms. The van der Waals surface area contributed by atoms with Gasteiger partial charge in [0.15, 0.2) is 26.2 Å². The summed E-state index contributed by atoms with van der Waals surface area (Å²) >= 11 is 0. The molecule has 0 bridgehead atoms. The number of rotatable bonds is 12. The van der Waals surface area contributed by atoms with E-state index in [0.717, 1.165) is 5.56 Å². The van der Waals surface area contributed by atoms with Gasteiger partial charge in [-0.2, -0.15) is 0 Å². The molecule has 0 saturated heterocycles. The summed E-state index contributed by atoms with van der Waals surface area (Å²) in [4.78, 5) is 12.9. The molecule has 2 aromatic carbocycles. The van der Waals surface area contributed by atoms with Gasteiger partial charge in [0.25, 0.3) is 0 Å². The highest BCUT2D eigenvalue weighted by Gasteiger charge is 2.20. The van der Waals surface area contributed by atoms with Gasteiger partial charge in [0.1, 0.15) is 22.8 Å². The molecule has 0 fully saturated rings. The molecule has 7 nitrogen and oxygen atoms in total. The zero-order valence-electron chi connectivity index (χ0n) is 16.2. The van der Waals surface area contributed by atoms with Crippen LogP contribution in [0.1, 0.15) is 15.9 Å². The molecule has 0 unspecified atom stereocenters. The molecule has 0 aliphatic rings. The van der Waals surface area contributed by atoms with Crippen LogP contribution in [0.3, 0.4) is 0 Å². The first-order chi connectivity index (χ1) is 13.7. The minimum absolute atomic E-state index is 0.0363. The third-order valence-electron chi connectivity index (χ3n) is 3.52. The van der Waals surface area contributed by atoms with E-state index in [0.29, 0.717) is 5.75 Å². The molecule has 2 rings (SSSR count). The van der Waals surface area contributed by atoms with Crippen LogP contribution in [0.5, 0.6) is 17.2 Å². The van der Waals surface area contributed by atoms with Gasteiger partial charge in [0.05, 0.1) is 0 Å². The first kappa shape index (κ1) is 21.4. The maximum Gasteiger partial charge on any atom is 0.193 e. The topological polar surface area (TPSA) is 72.5 Å². The van der Waals surface area contributed by atoms with Gasteiger partial charge in [-0.15, -0.1) is 0 Å². The van der Waals surface area contributed by atoms with E-state index in [1.165, 1.54) is 27.4 Å². The van der Waals surface area contributed by atoms with Crippen LogP contribution in [0.15, 0.2) is 48.5 Å². The summed E-state index contributed by atoms with van der Waals surface area (Å²) < 4.78 is 31.5. The number of carbonyl (C=O) groups excluding carboxylic acids is 1. The van der Waals surface area contributed by atoms with Crippen LogP contribution in [-0.4, -0.2) is 47.5 Å². The quantitative estimate of drug-likeness (QED) is 0.313. The Bertz CT molecular complexity index is 743. The second-order valence-corrected chi connectivity index (χ2v) is 5.56. The summed E-state index contributed by atoms with van der Waals surface area (Å²) in [6.07, 6.45) is 3.18. The zero-order chi connectivity index (χ0) is 20.2. The van der Waals surface area contributed by atoms with Gasteiger partial charge in [-0.3, -0.25) is 4.79 Å². The van der Waals surface area contributed by atoms with Crippen molar-refractivity contribution in [3.05, 3.63) is 59.7 Å². The lowest BCUT2D eigenvalue weighted by Gasteiger charge is -2.16. The summed E-state index contributed by atoms with van der Waals surface area (Å²) in [5, 5.41) is 0. The van der Waals surface area contributed by atoms with Crippen molar-refractivity contribution in [1.82, 2.24) is 0 Å². The monoisotopic (exact) mass is 388 g/mol. The van der Waals surface area contributed by atoms with Crippen molar-refractivity contribution in [3.8, 4) is 17.2 Å². The van der Waals surface area contributed by atoms with E-state index >= 15 is 0 Å². The van der Waals surface area contributed by atoms with E-state index in [4.69, 9.17) is 28.4 Å². The van der Waals surface area contributed by atoms with Crippen molar-refractivity contribution >= 4 is 11.9 Å². The second kappa shape index (κ2) is 11.8. The van der Waals surface area contributed by atoms with E-state index in [1.54, 1.807) is 18.2 Å². The van der Waals surface area contributed by atoms with Crippen LogP contribution in [0.2, 0.25) is 0 Å². The predicted octanol–water partition coefficient (Wildman–Crippen LogP) is 3.53. The van der Waals surface area contributed by atoms with Gasteiger partial charge in [-0.05, 0) is 11.6 Å². The Morgan fingerprint density at radius 2 is 1.36 bits per heavy atom. The van der Waals surface area contributed by atoms with Crippen molar-refractivity contribution in [2.24, 2.45) is 0 Å². The molecular weight excluding hydrogens is 364 g/mol. The summed E-state index contributed by atoms with van der Waals surface area (Å²) in [5.74, 6) is 0.663. The number of allylic oxidation sites excluding steroid dienone is 1. The Balaban J connectivity index is 2.40. The third kappa shape index (κ3) is 6.38. The van der Waals surface area contributed by atoms with Gasteiger partial charge < -0.3 is 28.4 Å². The molecule has 0 N–H and O–H groups in total. The zero-order valence-corrected chi connectivity index (χ0v) is 16.2. The first-order valence-electron chi connectivity index (χ1n) is 8.50. The van der Waals surface area contributed by atoms with Crippen molar-refractivity contribution < 1.29 is 33.2 Å². The SMILES string of the molecule is COCOc1cc(OCOC)c(C(=O)/C=C/c2ccccc2)c(OCOC)c1. The molecule has 0 spiro atoms. The predicted molar refractivity (Wildman–Crippen MR) is 104 cm³/mol. The maximum atomic E-state index is 12.9. The Kier molecular flexibility index (Phi) is 9.00. The van der Waals surface area contributed by atoms with Crippen molar-refractivity contribution in [3.63, 3.8) is 0 Å². The number of benzene rings is 2. The highest BCUT2D eigenvalue weighted by Crippen LogP contribution is 2.35. The average Bonchev–Trinajstić information content (AvgIpc) is 2.73. The summed E-state index contributed by atoms with van der Waals surface area (Å²) in [6, 6.07) is 12.7. The smallest absolute Gasteiger partial charge is 0.193 e. The van der Waals surface area contributed by atoms with Gasteiger partial charge in [0.2, 0.25) is 0 Å². The molecule has 0 radical (unpaired) electrons. The van der Waals surface area contributed by atoms with Crippen molar-refractivity contribution in [1.29, 1.82) is 0 Å². The lowest BCUT2D eigenvalue weighted by molar-refractivity contribution is 0.0400. The number of hydrogen-bond acceptors (Lipinski definition) is 7. The average molecular weight is 388 g/mol. The highest BCUT2D eigenvalue weighted by molar-refractivity contribution is 6.10. The van der Waals surface area contributed by atoms with E-state index in [9.17, 15) is 4.79 Å². The van der Waals surface area contributed by atoms with Crippen LogP contribution in [0.25, 0.3) is 6.08 Å². The molecule has 0 saturated carbocycles. The lowest BCUT2D eigenvalue weighted by Crippen LogP contribution is -2.10. The van der Waals surface area contributed by atoms with Gasteiger partial charge in [-0.1, -0.05) is 36.4 Å². The van der Waals surface area contributed by atoms with Crippen LogP contribution in [0.4, 0.5) is 0 Å². The van der Waals surface area contributed by atoms with Crippen molar-refractivity contribution in [2.75, 3.05) is 41.7 Å². The summed E-state index contributed by atoms with van der Waals surface area (Å²) in [7, 11) is 4.49. The number of ketones is 1. The molecule has 0 amide bonds. The highest BCUT2D eigenvalue weighted by atomic mass is 16.7. The van der Waals surface area contributed by atoms with E-state index in [-0.39, 0.29) is 43.2 Å².